The topological polar surface area (TPSA) is 62.2 Å². The molecule has 0 spiro atoms. The third kappa shape index (κ3) is 2.80. The molecule has 0 unspecified atom stereocenters. The van der Waals surface area contributed by atoms with Gasteiger partial charge in [0.2, 0.25) is 0 Å². The van der Waals surface area contributed by atoms with Crippen molar-refractivity contribution in [2.75, 3.05) is 5.32 Å². The molecule has 21 heavy (non-hydrogen) atoms. The van der Waals surface area contributed by atoms with E-state index in [1.54, 1.807) is 30.5 Å². The number of carbonyl (C=O) groups excluding carboxylic acids is 1. The molecule has 0 saturated carbocycles. The Hall–Kier alpha value is -2.59. The van der Waals surface area contributed by atoms with E-state index in [0.717, 1.165) is 10.9 Å². The third-order valence-corrected chi connectivity index (χ3v) is 3.37. The fraction of sp³-hybridized carbons (Fsp3) is 0. The number of aromatic nitrogens is 1. The van der Waals surface area contributed by atoms with Gasteiger partial charge in [-0.25, -0.2) is 0 Å². The van der Waals surface area contributed by atoms with Gasteiger partial charge in [0.1, 0.15) is 5.75 Å². The van der Waals surface area contributed by atoms with Crippen molar-refractivity contribution in [2.45, 2.75) is 0 Å². The Labute approximate surface area is 126 Å². The van der Waals surface area contributed by atoms with Crippen LogP contribution in [0, 0.1) is 0 Å². The highest BCUT2D eigenvalue weighted by Crippen LogP contribution is 2.26. The predicted octanol–water partition coefficient (Wildman–Crippen LogP) is 3.85. The predicted molar refractivity (Wildman–Crippen MR) is 82.8 cm³/mol. The van der Waals surface area contributed by atoms with Crippen LogP contribution >= 0.6 is 11.6 Å². The van der Waals surface area contributed by atoms with Crippen LogP contribution in [0.15, 0.2) is 54.7 Å². The van der Waals surface area contributed by atoms with Crippen molar-refractivity contribution in [1.82, 2.24) is 4.98 Å². The van der Waals surface area contributed by atoms with Crippen LogP contribution in [-0.4, -0.2) is 16.0 Å². The average molecular weight is 299 g/mol. The van der Waals surface area contributed by atoms with Crippen molar-refractivity contribution >= 4 is 34.1 Å². The first kappa shape index (κ1) is 13.4. The molecule has 0 aliphatic heterocycles. The first-order chi connectivity index (χ1) is 10.1. The number of fused-ring (bicyclic) bond motifs is 1. The summed E-state index contributed by atoms with van der Waals surface area (Å²) in [6.45, 7) is 0. The van der Waals surface area contributed by atoms with E-state index in [9.17, 15) is 9.90 Å². The molecule has 0 bridgehead atoms. The molecule has 3 rings (SSSR count). The van der Waals surface area contributed by atoms with Gasteiger partial charge in [0.25, 0.3) is 5.91 Å². The lowest BCUT2D eigenvalue weighted by atomic mass is 10.1. The monoisotopic (exact) mass is 298 g/mol. The van der Waals surface area contributed by atoms with Crippen LogP contribution in [0.3, 0.4) is 0 Å². The Balaban J connectivity index is 1.87. The number of aromatic hydroxyl groups is 1. The molecule has 1 heterocycles. The number of nitrogens with one attached hydrogen (secondary N) is 1. The second-order valence-electron chi connectivity index (χ2n) is 4.53. The normalized spacial score (nSPS) is 10.5. The summed E-state index contributed by atoms with van der Waals surface area (Å²) in [5, 5.41) is 13.2. The Kier molecular flexibility index (Phi) is 3.46. The number of carbonyl (C=O) groups is 1. The molecule has 0 saturated heterocycles. The summed E-state index contributed by atoms with van der Waals surface area (Å²) in [7, 11) is 0. The molecule has 1 amide bonds. The van der Waals surface area contributed by atoms with Crippen molar-refractivity contribution in [2.24, 2.45) is 0 Å². The molecular weight excluding hydrogens is 288 g/mol. The van der Waals surface area contributed by atoms with Gasteiger partial charge in [-0.3, -0.25) is 9.78 Å². The minimum Gasteiger partial charge on any atom is -0.506 e. The number of benzene rings is 2. The van der Waals surface area contributed by atoms with Crippen molar-refractivity contribution in [3.05, 3.63) is 65.3 Å². The molecule has 3 aromatic rings. The zero-order chi connectivity index (χ0) is 14.8. The van der Waals surface area contributed by atoms with Gasteiger partial charge < -0.3 is 10.4 Å². The van der Waals surface area contributed by atoms with Gasteiger partial charge in [-0.15, -0.1) is 0 Å². The Morgan fingerprint density at radius 2 is 2.00 bits per heavy atom. The standard InChI is InChI=1S/C16H11ClN2O2/c17-13-9-12(4-6-15(13)20)19-16(21)11-3-5-14-10(8-11)2-1-7-18-14/h1-9,20H,(H,19,21). The lowest BCUT2D eigenvalue weighted by molar-refractivity contribution is 0.102. The van der Waals surface area contributed by atoms with Gasteiger partial charge in [-0.2, -0.15) is 0 Å². The van der Waals surface area contributed by atoms with E-state index >= 15 is 0 Å². The quantitative estimate of drug-likeness (QED) is 0.706. The van der Waals surface area contributed by atoms with Crippen LogP contribution in [0.25, 0.3) is 10.9 Å². The third-order valence-electron chi connectivity index (χ3n) is 3.07. The first-order valence-electron chi connectivity index (χ1n) is 6.28. The van der Waals surface area contributed by atoms with Crippen LogP contribution in [0.5, 0.6) is 5.75 Å². The number of halogens is 1. The second-order valence-corrected chi connectivity index (χ2v) is 4.94. The Bertz CT molecular complexity index is 833. The van der Waals surface area contributed by atoms with Crippen LogP contribution in [0.1, 0.15) is 10.4 Å². The Morgan fingerprint density at radius 1 is 1.14 bits per heavy atom. The van der Waals surface area contributed by atoms with Gasteiger partial charge in [0.15, 0.2) is 0 Å². The maximum atomic E-state index is 12.2. The van der Waals surface area contributed by atoms with Crippen molar-refractivity contribution in [3.63, 3.8) is 0 Å². The number of phenols is 1. The number of phenolic OH excluding ortho intramolecular Hbond substituents is 1. The van der Waals surface area contributed by atoms with Crippen molar-refractivity contribution in [3.8, 4) is 5.75 Å². The minimum absolute atomic E-state index is 0.0218. The fourth-order valence-electron chi connectivity index (χ4n) is 2.00. The molecule has 0 fully saturated rings. The van der Waals surface area contributed by atoms with Gasteiger partial charge in [-0.05, 0) is 42.5 Å². The van der Waals surface area contributed by atoms with E-state index in [0.29, 0.717) is 11.3 Å². The molecule has 0 atom stereocenters. The molecule has 2 N–H and O–H groups in total. The molecule has 104 valence electrons. The van der Waals surface area contributed by atoms with E-state index < -0.39 is 0 Å². The summed E-state index contributed by atoms with van der Waals surface area (Å²) in [4.78, 5) is 16.4. The van der Waals surface area contributed by atoms with Crippen LogP contribution in [-0.2, 0) is 0 Å². The van der Waals surface area contributed by atoms with Crippen molar-refractivity contribution in [1.29, 1.82) is 0 Å². The van der Waals surface area contributed by atoms with E-state index in [1.807, 2.05) is 12.1 Å². The van der Waals surface area contributed by atoms with E-state index in [4.69, 9.17) is 11.6 Å². The lowest BCUT2D eigenvalue weighted by Crippen LogP contribution is -2.11. The zero-order valence-electron chi connectivity index (χ0n) is 10.9. The maximum Gasteiger partial charge on any atom is 0.255 e. The summed E-state index contributed by atoms with van der Waals surface area (Å²) >= 11 is 5.81. The molecule has 2 aromatic carbocycles. The van der Waals surface area contributed by atoms with E-state index in [2.05, 4.69) is 10.3 Å². The highest BCUT2D eigenvalue weighted by Gasteiger charge is 2.08. The van der Waals surface area contributed by atoms with E-state index in [1.165, 1.54) is 12.1 Å². The van der Waals surface area contributed by atoms with E-state index in [-0.39, 0.29) is 16.7 Å². The van der Waals surface area contributed by atoms with Crippen LogP contribution in [0.2, 0.25) is 5.02 Å². The molecule has 5 heteroatoms. The summed E-state index contributed by atoms with van der Waals surface area (Å²) in [5.74, 6) is -0.269. The number of amides is 1. The summed E-state index contributed by atoms with van der Waals surface area (Å²) in [6.07, 6.45) is 1.71. The number of nitrogens with zero attached hydrogens (tertiary/aromatic N) is 1. The number of anilines is 1. The highest BCUT2D eigenvalue weighted by molar-refractivity contribution is 6.32. The average Bonchev–Trinajstić information content (AvgIpc) is 2.50. The van der Waals surface area contributed by atoms with Gasteiger partial charge in [0, 0.05) is 22.8 Å². The first-order valence-corrected chi connectivity index (χ1v) is 6.66. The minimum atomic E-state index is -0.248. The highest BCUT2D eigenvalue weighted by atomic mass is 35.5. The molecule has 0 aliphatic carbocycles. The smallest absolute Gasteiger partial charge is 0.255 e. The summed E-state index contributed by atoms with van der Waals surface area (Å²) < 4.78 is 0. The zero-order valence-corrected chi connectivity index (χ0v) is 11.6. The number of hydrogen-bond acceptors (Lipinski definition) is 3. The molecule has 4 nitrogen and oxygen atoms in total. The molecule has 0 aliphatic rings. The van der Waals surface area contributed by atoms with Crippen LogP contribution < -0.4 is 5.32 Å². The second kappa shape index (κ2) is 5.42. The van der Waals surface area contributed by atoms with Crippen molar-refractivity contribution < 1.29 is 9.90 Å². The van der Waals surface area contributed by atoms with Crippen LogP contribution in [0.4, 0.5) is 5.69 Å². The fourth-order valence-corrected chi connectivity index (χ4v) is 2.19. The summed E-state index contributed by atoms with van der Waals surface area (Å²) in [6, 6.07) is 13.5. The number of pyridine rings is 1. The largest absolute Gasteiger partial charge is 0.506 e. The number of hydrogen-bond donors (Lipinski definition) is 2. The number of rotatable bonds is 2. The SMILES string of the molecule is O=C(Nc1ccc(O)c(Cl)c1)c1ccc2ncccc2c1. The Morgan fingerprint density at radius 3 is 2.81 bits per heavy atom. The lowest BCUT2D eigenvalue weighted by Gasteiger charge is -2.07. The maximum absolute atomic E-state index is 12.2. The molecule has 0 radical (unpaired) electrons. The van der Waals surface area contributed by atoms with Gasteiger partial charge in [-0.1, -0.05) is 17.7 Å². The molecule has 1 aromatic heterocycles. The van der Waals surface area contributed by atoms with Gasteiger partial charge >= 0.3 is 0 Å². The molecular formula is C16H11ClN2O2. The van der Waals surface area contributed by atoms with Gasteiger partial charge in [0.05, 0.1) is 10.5 Å². The summed E-state index contributed by atoms with van der Waals surface area (Å²) in [5.41, 5.74) is 1.88.